The van der Waals surface area contributed by atoms with Gasteiger partial charge < -0.3 is 15.1 Å². The van der Waals surface area contributed by atoms with E-state index in [-0.39, 0.29) is 12.1 Å². The Morgan fingerprint density at radius 1 is 1.19 bits per heavy atom. The highest BCUT2D eigenvalue weighted by atomic mass is 16.2. The summed E-state index contributed by atoms with van der Waals surface area (Å²) < 4.78 is 1.80. The van der Waals surface area contributed by atoms with E-state index in [1.54, 1.807) is 4.68 Å². The molecule has 7 heteroatoms. The Labute approximate surface area is 183 Å². The van der Waals surface area contributed by atoms with Crippen molar-refractivity contribution in [1.82, 2.24) is 24.9 Å². The first-order valence-corrected chi connectivity index (χ1v) is 11.0. The van der Waals surface area contributed by atoms with Crippen LogP contribution in [-0.4, -0.2) is 77.1 Å². The molecule has 3 aliphatic rings. The number of aromatic nitrogens is 2. The topological polar surface area (TPSA) is 65.8 Å². The molecule has 162 valence electrons. The van der Waals surface area contributed by atoms with E-state index in [2.05, 4.69) is 53.6 Å². The standard InChI is InChI=1S/C24H30N6O/c1-16-6-4-5-7-19(16)21-13-28(2)15-22(21)27-24(31)30-9-8-17-10-25-23(20(17)14-30)18-11-26-29(3)12-18/h4-7,11-12,21-22H,8-10,13-15H2,1-3H3,(H,27,31)/t21-,22?/m0/s1. The Bertz CT molecular complexity index is 1070. The van der Waals surface area contributed by atoms with Crippen LogP contribution in [0.3, 0.4) is 0 Å². The number of carbonyl (C=O) groups excluding carboxylic acids is 1. The quantitative estimate of drug-likeness (QED) is 0.832. The zero-order valence-electron chi connectivity index (χ0n) is 18.5. The number of aryl methyl sites for hydroxylation is 2. The van der Waals surface area contributed by atoms with Crippen LogP contribution in [0.1, 0.15) is 29.0 Å². The van der Waals surface area contributed by atoms with Crippen LogP contribution in [0.15, 0.2) is 52.8 Å². The maximum Gasteiger partial charge on any atom is 0.317 e. The first-order valence-electron chi connectivity index (χ1n) is 11.0. The van der Waals surface area contributed by atoms with Crippen LogP contribution in [0.25, 0.3) is 0 Å². The number of benzene rings is 1. The number of hydrogen-bond acceptors (Lipinski definition) is 4. The van der Waals surface area contributed by atoms with Crippen molar-refractivity contribution in [2.75, 3.05) is 39.8 Å². The van der Waals surface area contributed by atoms with Crippen LogP contribution >= 0.6 is 0 Å². The largest absolute Gasteiger partial charge is 0.333 e. The molecule has 2 atom stereocenters. The smallest absolute Gasteiger partial charge is 0.317 e. The van der Waals surface area contributed by atoms with Crippen molar-refractivity contribution < 1.29 is 4.79 Å². The molecular formula is C24H30N6O. The molecule has 31 heavy (non-hydrogen) atoms. The summed E-state index contributed by atoms with van der Waals surface area (Å²) in [6.07, 6.45) is 4.74. The van der Waals surface area contributed by atoms with Crippen LogP contribution in [0.5, 0.6) is 0 Å². The predicted molar refractivity (Wildman–Crippen MR) is 122 cm³/mol. The highest BCUT2D eigenvalue weighted by Crippen LogP contribution is 2.30. The summed E-state index contributed by atoms with van der Waals surface area (Å²) in [5.41, 5.74) is 7.22. The first kappa shape index (κ1) is 20.0. The van der Waals surface area contributed by atoms with Gasteiger partial charge in [0.05, 0.1) is 24.5 Å². The third kappa shape index (κ3) is 3.78. The van der Waals surface area contributed by atoms with Crippen molar-refractivity contribution >= 4 is 11.7 Å². The molecule has 2 amide bonds. The Morgan fingerprint density at radius 3 is 2.81 bits per heavy atom. The molecule has 0 saturated carbocycles. The molecule has 1 fully saturated rings. The number of urea groups is 1. The fourth-order valence-electron chi connectivity index (χ4n) is 5.19. The second-order valence-electron chi connectivity index (χ2n) is 9.06. The summed E-state index contributed by atoms with van der Waals surface area (Å²) in [6, 6.07) is 8.67. The molecule has 1 aromatic carbocycles. The molecule has 0 radical (unpaired) electrons. The molecule has 0 spiro atoms. The monoisotopic (exact) mass is 418 g/mol. The van der Waals surface area contributed by atoms with Gasteiger partial charge in [-0.2, -0.15) is 5.10 Å². The second-order valence-corrected chi connectivity index (χ2v) is 9.06. The second kappa shape index (κ2) is 7.96. The van der Waals surface area contributed by atoms with E-state index in [1.165, 1.54) is 22.3 Å². The van der Waals surface area contributed by atoms with E-state index < -0.39 is 0 Å². The maximum atomic E-state index is 13.3. The van der Waals surface area contributed by atoms with Crippen molar-refractivity contribution in [2.24, 2.45) is 12.0 Å². The number of amides is 2. The lowest BCUT2D eigenvalue weighted by Gasteiger charge is -2.31. The van der Waals surface area contributed by atoms with Gasteiger partial charge in [-0.25, -0.2) is 4.79 Å². The fraction of sp³-hybridized carbons (Fsp3) is 0.458. The van der Waals surface area contributed by atoms with Gasteiger partial charge in [0.15, 0.2) is 0 Å². The number of hydrogen-bond donors (Lipinski definition) is 1. The molecule has 3 aliphatic heterocycles. The van der Waals surface area contributed by atoms with Crippen molar-refractivity contribution in [1.29, 1.82) is 0 Å². The molecule has 2 aromatic rings. The summed E-state index contributed by atoms with van der Waals surface area (Å²) in [4.78, 5) is 22.3. The Morgan fingerprint density at radius 2 is 2.03 bits per heavy atom. The molecule has 0 bridgehead atoms. The molecular weight excluding hydrogens is 388 g/mol. The lowest BCUT2D eigenvalue weighted by Crippen LogP contribution is -2.49. The fourth-order valence-corrected chi connectivity index (χ4v) is 5.19. The van der Waals surface area contributed by atoms with E-state index in [1.807, 2.05) is 24.3 Å². The first-order chi connectivity index (χ1) is 15.0. The minimum Gasteiger partial charge on any atom is -0.333 e. The lowest BCUT2D eigenvalue weighted by molar-refractivity contribution is 0.196. The SMILES string of the molecule is Cc1ccccc1[C@@H]1CN(C)CC1NC(=O)N1CCC2=C(C1)C(c1cnn(C)c1)=NC2. The predicted octanol–water partition coefficient (Wildman–Crippen LogP) is 2.34. The minimum absolute atomic E-state index is 0.0304. The van der Waals surface area contributed by atoms with Gasteiger partial charge >= 0.3 is 6.03 Å². The van der Waals surface area contributed by atoms with Gasteiger partial charge in [0, 0.05) is 50.9 Å². The highest BCUT2D eigenvalue weighted by molar-refractivity contribution is 6.14. The number of rotatable bonds is 3. The Hall–Kier alpha value is -2.93. The van der Waals surface area contributed by atoms with Gasteiger partial charge in [0.25, 0.3) is 0 Å². The maximum absolute atomic E-state index is 13.3. The molecule has 1 saturated heterocycles. The molecule has 7 nitrogen and oxygen atoms in total. The highest BCUT2D eigenvalue weighted by Gasteiger charge is 2.36. The molecule has 1 unspecified atom stereocenters. The summed E-state index contributed by atoms with van der Waals surface area (Å²) >= 11 is 0. The number of nitrogens with zero attached hydrogens (tertiary/aromatic N) is 5. The van der Waals surface area contributed by atoms with E-state index >= 15 is 0 Å². The third-order valence-electron chi connectivity index (χ3n) is 6.84. The molecule has 1 aromatic heterocycles. The van der Waals surface area contributed by atoms with Crippen LogP contribution < -0.4 is 5.32 Å². The third-order valence-corrected chi connectivity index (χ3v) is 6.84. The van der Waals surface area contributed by atoms with E-state index in [0.717, 1.165) is 43.9 Å². The Kier molecular flexibility index (Phi) is 5.14. The van der Waals surface area contributed by atoms with Crippen molar-refractivity contribution in [3.63, 3.8) is 0 Å². The number of aliphatic imine (C=N–C) groups is 1. The lowest BCUT2D eigenvalue weighted by atomic mass is 9.91. The van der Waals surface area contributed by atoms with Crippen molar-refractivity contribution in [2.45, 2.75) is 25.3 Å². The number of nitrogens with one attached hydrogen (secondary N) is 1. The van der Waals surface area contributed by atoms with Gasteiger partial charge in [0.2, 0.25) is 0 Å². The molecule has 1 N–H and O–H groups in total. The number of likely N-dealkylation sites (tertiary alicyclic amines) is 1. The van der Waals surface area contributed by atoms with Gasteiger partial charge in [-0.15, -0.1) is 0 Å². The van der Waals surface area contributed by atoms with Gasteiger partial charge in [-0.1, -0.05) is 24.3 Å². The number of likely N-dealkylation sites (N-methyl/N-ethyl adjacent to an activating group) is 1. The minimum atomic E-state index is 0.0304. The average Bonchev–Trinajstić information content (AvgIpc) is 3.46. The molecule has 0 aliphatic carbocycles. The van der Waals surface area contributed by atoms with E-state index in [9.17, 15) is 4.79 Å². The van der Waals surface area contributed by atoms with Crippen molar-refractivity contribution in [3.8, 4) is 0 Å². The van der Waals surface area contributed by atoms with E-state index in [0.29, 0.717) is 12.5 Å². The van der Waals surface area contributed by atoms with Crippen molar-refractivity contribution in [3.05, 3.63) is 64.5 Å². The summed E-state index contributed by atoms with van der Waals surface area (Å²) in [5, 5.41) is 7.65. The van der Waals surface area contributed by atoms with Crippen LogP contribution in [0, 0.1) is 6.92 Å². The zero-order chi connectivity index (χ0) is 21.5. The summed E-state index contributed by atoms with van der Waals surface area (Å²) in [5.74, 6) is 0.314. The Balaban J connectivity index is 1.30. The molecule has 4 heterocycles. The van der Waals surface area contributed by atoms with Gasteiger partial charge in [0.1, 0.15) is 0 Å². The summed E-state index contributed by atoms with van der Waals surface area (Å²) in [7, 11) is 4.04. The van der Waals surface area contributed by atoms with Gasteiger partial charge in [-0.05, 0) is 42.7 Å². The van der Waals surface area contributed by atoms with Crippen LogP contribution in [0.2, 0.25) is 0 Å². The van der Waals surface area contributed by atoms with Gasteiger partial charge in [-0.3, -0.25) is 9.67 Å². The average molecular weight is 419 g/mol. The normalized spacial score (nSPS) is 23.8. The van der Waals surface area contributed by atoms with E-state index in [4.69, 9.17) is 4.99 Å². The zero-order valence-corrected chi connectivity index (χ0v) is 18.5. The van der Waals surface area contributed by atoms with Crippen LogP contribution in [0.4, 0.5) is 4.79 Å². The van der Waals surface area contributed by atoms with Crippen LogP contribution in [-0.2, 0) is 7.05 Å². The summed E-state index contributed by atoms with van der Waals surface area (Å²) in [6.45, 7) is 6.10. The molecule has 5 rings (SSSR count). The number of carbonyl (C=O) groups is 1.